The standard InChI is InChI=1S/C19H21NO4S/c1-22-8-7-20(13-16-4-3-9-25-16)12-14-10-19(21)24-18-6-5-15(23-2)11-17(14)18/h3-6,9-11H,7-8,12-13H2,1-2H3/p+1. The highest BCUT2D eigenvalue weighted by Gasteiger charge is 2.15. The van der Waals surface area contributed by atoms with Crippen LogP contribution in [0.25, 0.3) is 11.0 Å². The smallest absolute Gasteiger partial charge is 0.336 e. The van der Waals surface area contributed by atoms with E-state index >= 15 is 0 Å². The molecule has 6 heteroatoms. The number of fused-ring (bicyclic) bond motifs is 1. The Bertz CT molecular complexity index is 873. The third-order valence-electron chi connectivity index (χ3n) is 4.14. The van der Waals surface area contributed by atoms with Gasteiger partial charge in [0.2, 0.25) is 0 Å². The predicted octanol–water partition coefficient (Wildman–Crippen LogP) is 2.09. The van der Waals surface area contributed by atoms with Gasteiger partial charge in [0.15, 0.2) is 0 Å². The van der Waals surface area contributed by atoms with Crippen LogP contribution in [0.15, 0.2) is 51.0 Å². The molecule has 25 heavy (non-hydrogen) atoms. The molecule has 0 aliphatic heterocycles. The second-order valence-electron chi connectivity index (χ2n) is 5.88. The molecule has 1 unspecified atom stereocenters. The first kappa shape index (κ1) is 17.7. The quantitative estimate of drug-likeness (QED) is 0.625. The molecule has 0 saturated carbocycles. The van der Waals surface area contributed by atoms with Crippen molar-refractivity contribution in [2.75, 3.05) is 27.4 Å². The summed E-state index contributed by atoms with van der Waals surface area (Å²) >= 11 is 1.75. The molecule has 5 nitrogen and oxygen atoms in total. The molecule has 0 spiro atoms. The first-order valence-electron chi connectivity index (χ1n) is 8.15. The monoisotopic (exact) mass is 360 g/mol. The minimum Gasteiger partial charge on any atom is -0.497 e. The lowest BCUT2D eigenvalue weighted by Gasteiger charge is -2.19. The molecule has 0 bridgehead atoms. The van der Waals surface area contributed by atoms with Gasteiger partial charge in [-0.05, 0) is 29.6 Å². The number of hydrogen-bond donors (Lipinski definition) is 1. The van der Waals surface area contributed by atoms with Crippen molar-refractivity contribution in [2.24, 2.45) is 0 Å². The number of nitrogens with one attached hydrogen (secondary N) is 1. The van der Waals surface area contributed by atoms with Crippen LogP contribution in [0.3, 0.4) is 0 Å². The minimum atomic E-state index is -0.324. The lowest BCUT2D eigenvalue weighted by molar-refractivity contribution is -0.927. The Hall–Kier alpha value is -2.15. The summed E-state index contributed by atoms with van der Waals surface area (Å²) in [5.74, 6) is 0.749. The summed E-state index contributed by atoms with van der Waals surface area (Å²) in [6.07, 6.45) is 0. The van der Waals surface area contributed by atoms with Gasteiger partial charge in [-0.15, -0.1) is 11.3 Å². The van der Waals surface area contributed by atoms with Crippen molar-refractivity contribution in [3.05, 3.63) is 62.6 Å². The van der Waals surface area contributed by atoms with Gasteiger partial charge < -0.3 is 18.8 Å². The lowest BCUT2D eigenvalue weighted by atomic mass is 10.1. The van der Waals surface area contributed by atoms with Crippen LogP contribution in [0.2, 0.25) is 0 Å². The zero-order chi connectivity index (χ0) is 17.6. The molecule has 1 atom stereocenters. The fourth-order valence-electron chi connectivity index (χ4n) is 2.89. The lowest BCUT2D eigenvalue weighted by Crippen LogP contribution is -3.09. The highest BCUT2D eigenvalue weighted by atomic mass is 32.1. The molecule has 0 aliphatic carbocycles. The summed E-state index contributed by atoms with van der Waals surface area (Å²) in [7, 11) is 3.34. The second kappa shape index (κ2) is 8.29. The van der Waals surface area contributed by atoms with Crippen LogP contribution in [0.1, 0.15) is 10.4 Å². The van der Waals surface area contributed by atoms with Crippen LogP contribution in [-0.2, 0) is 17.8 Å². The van der Waals surface area contributed by atoms with E-state index < -0.39 is 0 Å². The molecule has 3 rings (SSSR count). The number of hydrogen-bond acceptors (Lipinski definition) is 5. The maximum absolute atomic E-state index is 11.9. The number of rotatable bonds is 8. The summed E-state index contributed by atoms with van der Waals surface area (Å²) < 4.78 is 15.9. The largest absolute Gasteiger partial charge is 0.497 e. The SMILES string of the molecule is COCC[NH+](Cc1cccs1)Cc1cc(=O)oc2ccc(OC)cc12. The van der Waals surface area contributed by atoms with Crippen LogP contribution in [0.5, 0.6) is 5.75 Å². The van der Waals surface area contributed by atoms with Gasteiger partial charge in [-0.25, -0.2) is 4.79 Å². The third kappa shape index (κ3) is 4.48. The molecule has 3 aromatic rings. The minimum absolute atomic E-state index is 0.324. The molecule has 2 aromatic heterocycles. The van der Waals surface area contributed by atoms with Gasteiger partial charge in [0.25, 0.3) is 0 Å². The van der Waals surface area contributed by atoms with Crippen LogP contribution >= 0.6 is 11.3 Å². The number of benzene rings is 1. The molecule has 132 valence electrons. The third-order valence-corrected chi connectivity index (χ3v) is 5.02. The Morgan fingerprint density at radius 3 is 2.76 bits per heavy atom. The Balaban J connectivity index is 1.93. The summed E-state index contributed by atoms with van der Waals surface area (Å²) in [5, 5.41) is 3.00. The predicted molar refractivity (Wildman–Crippen MR) is 98.5 cm³/mol. The van der Waals surface area contributed by atoms with Gasteiger partial charge in [-0.1, -0.05) is 6.07 Å². The van der Waals surface area contributed by atoms with Crippen LogP contribution in [0, 0.1) is 0 Å². The molecule has 2 heterocycles. The molecular formula is C19H22NO4S+. The van der Waals surface area contributed by atoms with E-state index in [2.05, 4.69) is 17.5 Å². The van der Waals surface area contributed by atoms with Crippen molar-refractivity contribution in [2.45, 2.75) is 13.1 Å². The van der Waals surface area contributed by atoms with E-state index in [1.165, 1.54) is 9.78 Å². The normalized spacial score (nSPS) is 12.4. The summed E-state index contributed by atoms with van der Waals surface area (Å²) in [4.78, 5) is 14.6. The van der Waals surface area contributed by atoms with Crippen molar-refractivity contribution >= 4 is 22.3 Å². The Labute approximate surface area is 150 Å². The molecule has 1 N–H and O–H groups in total. The van der Waals surface area contributed by atoms with Gasteiger partial charge >= 0.3 is 5.63 Å². The van der Waals surface area contributed by atoms with E-state index in [0.717, 1.165) is 36.3 Å². The van der Waals surface area contributed by atoms with Crippen molar-refractivity contribution in [1.82, 2.24) is 0 Å². The molecular weight excluding hydrogens is 338 g/mol. The highest BCUT2D eigenvalue weighted by Crippen LogP contribution is 2.22. The van der Waals surface area contributed by atoms with E-state index in [-0.39, 0.29) is 5.63 Å². The van der Waals surface area contributed by atoms with Crippen LogP contribution < -0.4 is 15.3 Å². The maximum Gasteiger partial charge on any atom is 0.336 e. The van der Waals surface area contributed by atoms with E-state index in [4.69, 9.17) is 13.9 Å². The fourth-order valence-corrected chi connectivity index (χ4v) is 3.67. The van der Waals surface area contributed by atoms with E-state index in [1.807, 2.05) is 6.07 Å². The van der Waals surface area contributed by atoms with Gasteiger partial charge in [0.05, 0.1) is 18.6 Å². The Morgan fingerprint density at radius 1 is 1.16 bits per heavy atom. The van der Waals surface area contributed by atoms with Crippen LogP contribution in [-0.4, -0.2) is 27.4 Å². The van der Waals surface area contributed by atoms with Gasteiger partial charge in [-0.2, -0.15) is 0 Å². The van der Waals surface area contributed by atoms with Crippen molar-refractivity contribution in [1.29, 1.82) is 0 Å². The average Bonchev–Trinajstić information content (AvgIpc) is 3.12. The zero-order valence-electron chi connectivity index (χ0n) is 14.4. The topological polar surface area (TPSA) is 53.1 Å². The number of ether oxygens (including phenoxy) is 2. The summed E-state index contributed by atoms with van der Waals surface area (Å²) in [5.41, 5.74) is 1.23. The van der Waals surface area contributed by atoms with Gasteiger partial charge in [0, 0.05) is 24.1 Å². The number of methoxy groups -OCH3 is 2. The van der Waals surface area contributed by atoms with Crippen molar-refractivity contribution in [3.63, 3.8) is 0 Å². The van der Waals surface area contributed by atoms with E-state index in [9.17, 15) is 4.79 Å². The Kier molecular flexibility index (Phi) is 5.86. The second-order valence-corrected chi connectivity index (χ2v) is 6.91. The first-order valence-corrected chi connectivity index (χ1v) is 9.03. The zero-order valence-corrected chi connectivity index (χ0v) is 15.2. The number of quaternary nitrogens is 1. The van der Waals surface area contributed by atoms with Crippen molar-refractivity contribution < 1.29 is 18.8 Å². The van der Waals surface area contributed by atoms with Crippen LogP contribution in [0.4, 0.5) is 0 Å². The van der Waals surface area contributed by atoms with E-state index in [1.54, 1.807) is 43.8 Å². The Morgan fingerprint density at radius 2 is 2.04 bits per heavy atom. The molecule has 0 aliphatic rings. The molecule has 0 fully saturated rings. The summed E-state index contributed by atoms with van der Waals surface area (Å²) in [6, 6.07) is 11.3. The first-order chi connectivity index (χ1) is 12.2. The molecule has 1 aromatic carbocycles. The maximum atomic E-state index is 11.9. The fraction of sp³-hybridized carbons (Fsp3) is 0.316. The molecule has 0 amide bonds. The highest BCUT2D eigenvalue weighted by molar-refractivity contribution is 7.09. The summed E-state index contributed by atoms with van der Waals surface area (Å²) in [6.45, 7) is 3.15. The van der Waals surface area contributed by atoms with Gasteiger partial charge in [-0.3, -0.25) is 0 Å². The molecule has 0 saturated heterocycles. The van der Waals surface area contributed by atoms with E-state index in [0.29, 0.717) is 12.2 Å². The van der Waals surface area contributed by atoms with Crippen molar-refractivity contribution in [3.8, 4) is 5.75 Å². The van der Waals surface area contributed by atoms with Gasteiger partial charge in [0.1, 0.15) is 31.0 Å². The molecule has 0 radical (unpaired) electrons. The average molecular weight is 360 g/mol. The number of thiophene rings is 1.